The van der Waals surface area contributed by atoms with Gasteiger partial charge in [0.2, 0.25) is 0 Å². The van der Waals surface area contributed by atoms with Gasteiger partial charge in [0, 0.05) is 18.0 Å². The number of hydrogen-bond donors (Lipinski definition) is 0. The van der Waals surface area contributed by atoms with Gasteiger partial charge in [0.05, 0.1) is 12.7 Å². The van der Waals surface area contributed by atoms with E-state index in [-0.39, 0.29) is 24.4 Å². The van der Waals surface area contributed by atoms with Crippen LogP contribution in [-0.2, 0) is 16.1 Å². The summed E-state index contributed by atoms with van der Waals surface area (Å²) >= 11 is 1.31. The van der Waals surface area contributed by atoms with E-state index in [1.807, 2.05) is 30.3 Å². The molecule has 3 rings (SSSR count). The molecule has 0 bridgehead atoms. The third-order valence-electron chi connectivity index (χ3n) is 5.12. The first-order chi connectivity index (χ1) is 14.0. The zero-order chi connectivity index (χ0) is 20.8. The number of piperidine rings is 1. The molecule has 0 spiro atoms. The van der Waals surface area contributed by atoms with Crippen LogP contribution in [0.2, 0.25) is 0 Å². The van der Waals surface area contributed by atoms with Gasteiger partial charge in [-0.25, -0.2) is 14.0 Å². The molecule has 1 fully saturated rings. The van der Waals surface area contributed by atoms with Gasteiger partial charge in [0.15, 0.2) is 0 Å². The maximum atomic E-state index is 14.7. The number of likely N-dealkylation sites (tertiary alicyclic amines) is 1. The smallest absolute Gasteiger partial charge is 0.410 e. The first kappa shape index (κ1) is 21.2. The summed E-state index contributed by atoms with van der Waals surface area (Å²) in [6.45, 7) is 1.19. The number of esters is 1. The summed E-state index contributed by atoms with van der Waals surface area (Å²) in [7, 11) is 1.31. The highest BCUT2D eigenvalue weighted by Gasteiger charge is 2.28. The third-order valence-corrected chi connectivity index (χ3v) is 5.90. The van der Waals surface area contributed by atoms with Gasteiger partial charge in [-0.3, -0.25) is 0 Å². The second kappa shape index (κ2) is 9.78. The van der Waals surface area contributed by atoms with Gasteiger partial charge in [-0.2, -0.15) is 0 Å². The maximum Gasteiger partial charge on any atom is 0.410 e. The van der Waals surface area contributed by atoms with Crippen LogP contribution in [0, 0.1) is 5.82 Å². The van der Waals surface area contributed by atoms with Crippen LogP contribution in [0.5, 0.6) is 0 Å². The van der Waals surface area contributed by atoms with E-state index in [9.17, 15) is 14.0 Å². The average molecular weight is 418 g/mol. The lowest BCUT2D eigenvalue weighted by molar-refractivity contribution is 0.0596. The van der Waals surface area contributed by atoms with Gasteiger partial charge in [0.25, 0.3) is 0 Å². The van der Waals surface area contributed by atoms with Crippen LogP contribution in [-0.4, -0.2) is 43.4 Å². The van der Waals surface area contributed by atoms with E-state index < -0.39 is 5.97 Å². The maximum absolute atomic E-state index is 14.7. The first-order valence-corrected chi connectivity index (χ1v) is 10.7. The minimum atomic E-state index is -0.475. The number of ether oxygens (including phenoxy) is 2. The lowest BCUT2D eigenvalue weighted by Gasteiger charge is -2.32. The second-order valence-corrected chi connectivity index (χ2v) is 7.72. The zero-order valence-corrected chi connectivity index (χ0v) is 17.3. The number of benzene rings is 2. The molecule has 0 atom stereocenters. The van der Waals surface area contributed by atoms with E-state index in [4.69, 9.17) is 9.47 Å². The predicted molar refractivity (Wildman–Crippen MR) is 110 cm³/mol. The number of halogens is 1. The minimum absolute atomic E-state index is 0.0625. The lowest BCUT2D eigenvalue weighted by Crippen LogP contribution is -2.38. The van der Waals surface area contributed by atoms with Crippen LogP contribution in [0.15, 0.2) is 47.4 Å². The van der Waals surface area contributed by atoms with Crippen molar-refractivity contribution in [1.82, 2.24) is 4.90 Å². The predicted octanol–water partition coefficient (Wildman–Crippen LogP) is 4.85. The number of hydrogen-bond acceptors (Lipinski definition) is 5. The summed E-state index contributed by atoms with van der Waals surface area (Å²) in [6.07, 6.45) is 2.65. The Balaban J connectivity index is 1.63. The van der Waals surface area contributed by atoms with Crippen LogP contribution in [0.3, 0.4) is 0 Å². The largest absolute Gasteiger partial charge is 0.465 e. The van der Waals surface area contributed by atoms with E-state index in [0.29, 0.717) is 42.0 Å². The summed E-state index contributed by atoms with van der Waals surface area (Å²) in [5, 5.41) is 0. The monoisotopic (exact) mass is 417 g/mol. The molecule has 7 heteroatoms. The van der Waals surface area contributed by atoms with Crippen LogP contribution < -0.4 is 0 Å². The fourth-order valence-corrected chi connectivity index (χ4v) is 4.09. The quantitative estimate of drug-likeness (QED) is 0.514. The molecule has 2 aromatic carbocycles. The van der Waals surface area contributed by atoms with Crippen molar-refractivity contribution in [2.45, 2.75) is 30.3 Å². The number of amides is 1. The van der Waals surface area contributed by atoms with Crippen molar-refractivity contribution in [3.63, 3.8) is 0 Å². The molecule has 29 heavy (non-hydrogen) atoms. The molecule has 0 N–H and O–H groups in total. The van der Waals surface area contributed by atoms with Crippen molar-refractivity contribution in [3.05, 3.63) is 65.0 Å². The molecule has 154 valence electrons. The molecule has 1 heterocycles. The molecule has 1 aliphatic rings. The van der Waals surface area contributed by atoms with Crippen LogP contribution in [0.25, 0.3) is 0 Å². The van der Waals surface area contributed by atoms with Gasteiger partial charge < -0.3 is 14.4 Å². The Hall–Kier alpha value is -2.54. The highest BCUT2D eigenvalue weighted by Crippen LogP contribution is 2.34. The van der Waals surface area contributed by atoms with Gasteiger partial charge in [-0.05, 0) is 48.3 Å². The molecule has 1 aliphatic heterocycles. The third kappa shape index (κ3) is 5.09. The molecule has 1 saturated heterocycles. The van der Waals surface area contributed by atoms with Crippen LogP contribution >= 0.6 is 11.8 Å². The van der Waals surface area contributed by atoms with Crippen molar-refractivity contribution in [2.75, 3.05) is 26.5 Å². The van der Waals surface area contributed by atoms with E-state index in [1.165, 1.54) is 24.9 Å². The van der Waals surface area contributed by atoms with Crippen molar-refractivity contribution >= 4 is 23.8 Å². The zero-order valence-electron chi connectivity index (χ0n) is 16.5. The Morgan fingerprint density at radius 1 is 1.17 bits per heavy atom. The molecule has 0 unspecified atom stereocenters. The Kier molecular flexibility index (Phi) is 7.14. The summed E-state index contributed by atoms with van der Waals surface area (Å²) in [5.74, 6) is -0.864. The molecule has 1 amide bonds. The van der Waals surface area contributed by atoms with Crippen LogP contribution in [0.1, 0.15) is 40.2 Å². The first-order valence-electron chi connectivity index (χ1n) is 9.44. The fraction of sp³-hybridized carbons (Fsp3) is 0.364. The minimum Gasteiger partial charge on any atom is -0.465 e. The van der Waals surface area contributed by atoms with E-state index in [1.54, 1.807) is 17.2 Å². The van der Waals surface area contributed by atoms with E-state index >= 15 is 0 Å². The highest BCUT2D eigenvalue weighted by molar-refractivity contribution is 7.98. The Morgan fingerprint density at radius 3 is 2.48 bits per heavy atom. The fourth-order valence-electron chi connectivity index (χ4n) is 3.51. The number of thioether (sulfide) groups is 1. The number of carbonyl (C=O) groups excluding carboxylic acids is 2. The molecule has 5 nitrogen and oxygen atoms in total. The lowest BCUT2D eigenvalue weighted by atomic mass is 9.88. The van der Waals surface area contributed by atoms with E-state index in [0.717, 1.165) is 5.56 Å². The molecule has 0 aliphatic carbocycles. The highest BCUT2D eigenvalue weighted by atomic mass is 32.2. The van der Waals surface area contributed by atoms with Crippen LogP contribution in [0.4, 0.5) is 9.18 Å². The molecule has 0 saturated carbocycles. The van der Waals surface area contributed by atoms with Gasteiger partial charge in [0.1, 0.15) is 12.4 Å². The standard InChI is InChI=1S/C22H24FNO4S/c1-27-21(25)18-12-17(19(23)13-20(18)29-2)16-8-10-24(11-9-16)22(26)28-14-15-6-4-3-5-7-15/h3-7,12-13,16H,8-11,14H2,1-2H3. The molecular formula is C22H24FNO4S. The summed E-state index contributed by atoms with van der Waals surface area (Å²) in [6, 6.07) is 12.5. The summed E-state index contributed by atoms with van der Waals surface area (Å²) in [5.41, 5.74) is 1.81. The van der Waals surface area contributed by atoms with Crippen molar-refractivity contribution < 1.29 is 23.5 Å². The number of rotatable bonds is 5. The van der Waals surface area contributed by atoms with E-state index in [2.05, 4.69) is 0 Å². The van der Waals surface area contributed by atoms with Crippen molar-refractivity contribution in [1.29, 1.82) is 0 Å². The average Bonchev–Trinajstić information content (AvgIpc) is 2.77. The molecule has 2 aromatic rings. The Bertz CT molecular complexity index is 867. The number of methoxy groups -OCH3 is 1. The second-order valence-electron chi connectivity index (χ2n) is 6.87. The van der Waals surface area contributed by atoms with Gasteiger partial charge in [-0.1, -0.05) is 30.3 Å². The Morgan fingerprint density at radius 2 is 1.86 bits per heavy atom. The summed E-state index contributed by atoms with van der Waals surface area (Å²) < 4.78 is 24.9. The molecule has 0 aromatic heterocycles. The number of carbonyl (C=O) groups is 2. The normalized spacial score (nSPS) is 14.5. The molecular weight excluding hydrogens is 393 g/mol. The van der Waals surface area contributed by atoms with Gasteiger partial charge in [-0.15, -0.1) is 11.8 Å². The number of nitrogens with zero attached hydrogens (tertiary/aromatic N) is 1. The SMILES string of the molecule is COC(=O)c1cc(C2CCN(C(=O)OCc3ccccc3)CC2)c(F)cc1SC. The topological polar surface area (TPSA) is 55.8 Å². The van der Waals surface area contributed by atoms with Crippen molar-refractivity contribution in [3.8, 4) is 0 Å². The van der Waals surface area contributed by atoms with Gasteiger partial charge >= 0.3 is 12.1 Å². The Labute approximate surface area is 174 Å². The summed E-state index contributed by atoms with van der Waals surface area (Å²) in [4.78, 5) is 26.6. The molecule has 0 radical (unpaired) electrons. The van der Waals surface area contributed by atoms with Crippen molar-refractivity contribution in [2.24, 2.45) is 0 Å².